The van der Waals surface area contributed by atoms with Crippen LogP contribution in [0.4, 0.5) is 11.4 Å². The van der Waals surface area contributed by atoms with E-state index in [0.29, 0.717) is 31.4 Å². The second-order valence-corrected chi connectivity index (χ2v) is 9.16. The van der Waals surface area contributed by atoms with Gasteiger partial charge in [-0.2, -0.15) is 0 Å². The minimum Gasteiger partial charge on any atom is -0.379 e. The molecule has 2 heterocycles. The molecule has 33 heavy (non-hydrogen) atoms. The Morgan fingerprint density at radius 1 is 0.970 bits per heavy atom. The monoisotopic (exact) mass is 450 g/mol. The van der Waals surface area contributed by atoms with Crippen LogP contribution >= 0.6 is 0 Å². The molecule has 4 rings (SSSR count). The van der Waals surface area contributed by atoms with E-state index in [9.17, 15) is 9.59 Å². The molecule has 2 aromatic rings. The summed E-state index contributed by atoms with van der Waals surface area (Å²) in [5, 5.41) is 5.56. The fourth-order valence-electron chi connectivity index (χ4n) is 4.55. The maximum absolute atomic E-state index is 12.6. The summed E-state index contributed by atoms with van der Waals surface area (Å²) < 4.78 is 5.53. The van der Waals surface area contributed by atoms with Crippen molar-refractivity contribution in [2.24, 2.45) is 0 Å². The van der Waals surface area contributed by atoms with Crippen molar-refractivity contribution in [1.82, 2.24) is 10.2 Å². The summed E-state index contributed by atoms with van der Waals surface area (Å²) in [5.74, 6) is -0.861. The van der Waals surface area contributed by atoms with Crippen molar-refractivity contribution in [1.29, 1.82) is 0 Å². The highest BCUT2D eigenvalue weighted by Crippen LogP contribution is 2.31. The lowest BCUT2D eigenvalue weighted by Crippen LogP contribution is -2.45. The largest absolute Gasteiger partial charge is 0.379 e. The number of fused-ring (bicyclic) bond motifs is 1. The fourth-order valence-corrected chi connectivity index (χ4v) is 4.55. The maximum atomic E-state index is 12.6. The highest BCUT2D eigenvalue weighted by atomic mass is 16.5. The molecular formula is C26H34N4O3. The van der Waals surface area contributed by atoms with Gasteiger partial charge in [-0.1, -0.05) is 38.1 Å². The molecule has 2 N–H and O–H groups in total. The molecule has 2 aromatic carbocycles. The molecule has 176 valence electrons. The molecule has 1 saturated heterocycles. The molecule has 0 aliphatic carbocycles. The van der Waals surface area contributed by atoms with Crippen LogP contribution in [0.25, 0.3) is 0 Å². The zero-order valence-electron chi connectivity index (χ0n) is 19.8. The van der Waals surface area contributed by atoms with Crippen molar-refractivity contribution < 1.29 is 14.3 Å². The average molecular weight is 451 g/mol. The van der Waals surface area contributed by atoms with E-state index in [1.807, 2.05) is 24.3 Å². The molecular weight excluding hydrogens is 416 g/mol. The molecule has 2 aliphatic heterocycles. The summed E-state index contributed by atoms with van der Waals surface area (Å²) in [5.41, 5.74) is 5.57. The van der Waals surface area contributed by atoms with Gasteiger partial charge in [0.25, 0.3) is 0 Å². The fraction of sp³-hybridized carbons (Fsp3) is 0.462. The number of benzene rings is 2. The summed E-state index contributed by atoms with van der Waals surface area (Å²) >= 11 is 0. The lowest BCUT2D eigenvalue weighted by molar-refractivity contribution is -0.136. The number of amides is 2. The van der Waals surface area contributed by atoms with Gasteiger partial charge in [-0.25, -0.2) is 0 Å². The topological polar surface area (TPSA) is 73.9 Å². The zero-order valence-corrected chi connectivity index (χ0v) is 19.8. The van der Waals surface area contributed by atoms with Gasteiger partial charge in [0.1, 0.15) is 0 Å². The van der Waals surface area contributed by atoms with E-state index in [2.05, 4.69) is 59.5 Å². The van der Waals surface area contributed by atoms with Gasteiger partial charge in [0.05, 0.1) is 19.3 Å². The molecule has 0 aromatic heterocycles. The molecule has 0 radical (unpaired) electrons. The van der Waals surface area contributed by atoms with Crippen LogP contribution < -0.4 is 15.5 Å². The van der Waals surface area contributed by atoms with Gasteiger partial charge in [-0.3, -0.25) is 14.5 Å². The summed E-state index contributed by atoms with van der Waals surface area (Å²) in [6.07, 6.45) is 1.03. The first-order chi connectivity index (χ1) is 15.9. The SMILES string of the molecule is CC(C)c1ccc(NC(=O)C(=O)NCC(c2ccc3c(c2)CCN3C)N2CCOCC2)cc1. The summed E-state index contributed by atoms with van der Waals surface area (Å²) in [6, 6.07) is 14.2. The first-order valence-corrected chi connectivity index (χ1v) is 11.8. The van der Waals surface area contributed by atoms with Gasteiger partial charge < -0.3 is 20.3 Å². The first-order valence-electron chi connectivity index (χ1n) is 11.8. The predicted octanol–water partition coefficient (Wildman–Crippen LogP) is 2.93. The van der Waals surface area contributed by atoms with Crippen LogP contribution in [0.15, 0.2) is 42.5 Å². The van der Waals surface area contributed by atoms with Gasteiger partial charge in [-0.15, -0.1) is 0 Å². The minimum absolute atomic E-state index is 0.00724. The average Bonchev–Trinajstić information content (AvgIpc) is 3.20. The van der Waals surface area contributed by atoms with Crippen LogP contribution in [-0.4, -0.2) is 63.2 Å². The van der Waals surface area contributed by atoms with Crippen molar-refractivity contribution in [2.75, 3.05) is 56.7 Å². The van der Waals surface area contributed by atoms with Crippen LogP contribution in [0.1, 0.15) is 42.5 Å². The van der Waals surface area contributed by atoms with E-state index in [4.69, 9.17) is 4.74 Å². The van der Waals surface area contributed by atoms with E-state index < -0.39 is 11.8 Å². The number of nitrogens with zero attached hydrogens (tertiary/aromatic N) is 2. The number of hydrogen-bond acceptors (Lipinski definition) is 5. The molecule has 0 spiro atoms. The summed E-state index contributed by atoms with van der Waals surface area (Å²) in [7, 11) is 2.11. The number of anilines is 2. The smallest absolute Gasteiger partial charge is 0.313 e. The Morgan fingerprint density at radius 2 is 1.67 bits per heavy atom. The number of morpholine rings is 1. The van der Waals surface area contributed by atoms with Crippen LogP contribution in [0.2, 0.25) is 0 Å². The highest BCUT2D eigenvalue weighted by Gasteiger charge is 2.26. The van der Waals surface area contributed by atoms with Gasteiger partial charge in [0, 0.05) is 44.6 Å². The molecule has 0 saturated carbocycles. The van der Waals surface area contributed by atoms with Crippen molar-refractivity contribution >= 4 is 23.2 Å². The van der Waals surface area contributed by atoms with Gasteiger partial charge in [0.15, 0.2) is 0 Å². The summed E-state index contributed by atoms with van der Waals surface area (Å²) in [4.78, 5) is 29.7. The third-order valence-corrected chi connectivity index (χ3v) is 6.60. The molecule has 0 bridgehead atoms. The Labute approximate surface area is 196 Å². The van der Waals surface area contributed by atoms with E-state index in [0.717, 1.165) is 31.6 Å². The molecule has 2 amide bonds. The molecule has 1 unspecified atom stereocenters. The Kier molecular flexibility index (Phi) is 7.30. The molecule has 7 heteroatoms. The number of rotatable bonds is 6. The maximum Gasteiger partial charge on any atom is 0.313 e. The zero-order chi connectivity index (χ0) is 23.4. The van der Waals surface area contributed by atoms with Crippen LogP contribution in [0.3, 0.4) is 0 Å². The lowest BCUT2D eigenvalue weighted by atomic mass is 10.0. The second-order valence-electron chi connectivity index (χ2n) is 9.16. The Hall–Kier alpha value is -2.90. The standard InChI is InChI=1S/C26H34N4O3/c1-18(2)19-4-7-22(8-5-19)28-26(32)25(31)27-17-24(30-12-14-33-15-13-30)20-6-9-23-21(16-20)10-11-29(23)3/h4-9,16,18,24H,10-15,17H2,1-3H3,(H,27,31)(H,28,32). The Bertz CT molecular complexity index is 984. The number of nitrogens with one attached hydrogen (secondary N) is 2. The van der Waals surface area contributed by atoms with Gasteiger partial charge in [0.2, 0.25) is 0 Å². The quantitative estimate of drug-likeness (QED) is 0.662. The van der Waals surface area contributed by atoms with Gasteiger partial charge in [-0.05, 0) is 47.2 Å². The minimum atomic E-state index is -0.649. The summed E-state index contributed by atoms with van der Waals surface area (Å²) in [6.45, 7) is 8.56. The van der Waals surface area contributed by atoms with Crippen LogP contribution in [0.5, 0.6) is 0 Å². The number of carbonyl (C=O) groups is 2. The number of carbonyl (C=O) groups excluding carboxylic acids is 2. The Morgan fingerprint density at radius 3 is 2.36 bits per heavy atom. The van der Waals surface area contributed by atoms with Crippen molar-refractivity contribution in [3.8, 4) is 0 Å². The third-order valence-electron chi connectivity index (χ3n) is 6.60. The van der Waals surface area contributed by atoms with Crippen LogP contribution in [-0.2, 0) is 20.7 Å². The van der Waals surface area contributed by atoms with Crippen molar-refractivity contribution in [2.45, 2.75) is 32.2 Å². The second kappa shape index (κ2) is 10.4. The van der Waals surface area contributed by atoms with E-state index in [1.54, 1.807) is 0 Å². The molecule has 7 nitrogen and oxygen atoms in total. The van der Waals surface area contributed by atoms with Crippen molar-refractivity contribution in [3.05, 3.63) is 59.2 Å². The highest BCUT2D eigenvalue weighted by molar-refractivity contribution is 6.39. The molecule has 2 aliphatic rings. The lowest BCUT2D eigenvalue weighted by Gasteiger charge is -2.35. The molecule has 1 fully saturated rings. The normalized spacial score (nSPS) is 17.0. The van der Waals surface area contributed by atoms with E-state index >= 15 is 0 Å². The Balaban J connectivity index is 1.42. The van der Waals surface area contributed by atoms with Crippen molar-refractivity contribution in [3.63, 3.8) is 0 Å². The van der Waals surface area contributed by atoms with Crippen LogP contribution in [0, 0.1) is 0 Å². The van der Waals surface area contributed by atoms with E-state index in [1.165, 1.54) is 16.8 Å². The van der Waals surface area contributed by atoms with Gasteiger partial charge >= 0.3 is 11.8 Å². The first kappa shape index (κ1) is 23.3. The molecule has 1 atom stereocenters. The number of likely N-dealkylation sites (N-methyl/N-ethyl adjacent to an activating group) is 1. The third kappa shape index (κ3) is 5.54. The predicted molar refractivity (Wildman–Crippen MR) is 131 cm³/mol. The number of hydrogen-bond donors (Lipinski definition) is 2. The number of ether oxygens (including phenoxy) is 1. The van der Waals surface area contributed by atoms with E-state index in [-0.39, 0.29) is 6.04 Å².